The quantitative estimate of drug-likeness (QED) is 0.693. The van der Waals surface area contributed by atoms with Crippen LogP contribution in [0.3, 0.4) is 0 Å². The first-order chi connectivity index (χ1) is 7.84. The highest BCUT2D eigenvalue weighted by Gasteiger charge is 2.29. The van der Waals surface area contributed by atoms with E-state index in [2.05, 4.69) is 0 Å². The summed E-state index contributed by atoms with van der Waals surface area (Å²) in [6.07, 6.45) is 1.56. The van der Waals surface area contributed by atoms with Gasteiger partial charge in [-0.05, 0) is 32.9 Å². The predicted molar refractivity (Wildman–Crippen MR) is 60.2 cm³/mol. The minimum absolute atomic E-state index is 0.0842. The van der Waals surface area contributed by atoms with Crippen molar-refractivity contribution in [3.8, 4) is 0 Å². The number of methoxy groups -OCH3 is 1. The minimum atomic E-state index is -0.781. The van der Waals surface area contributed by atoms with Gasteiger partial charge in [0.15, 0.2) is 18.2 Å². The lowest BCUT2D eigenvalue weighted by Gasteiger charge is -2.25. The van der Waals surface area contributed by atoms with E-state index in [-0.39, 0.29) is 18.4 Å². The number of hydrogen-bond donors (Lipinski definition) is 0. The van der Waals surface area contributed by atoms with E-state index in [4.69, 9.17) is 14.2 Å². The van der Waals surface area contributed by atoms with Crippen LogP contribution in [0.25, 0.3) is 0 Å². The van der Waals surface area contributed by atoms with Gasteiger partial charge in [-0.1, -0.05) is 0 Å². The number of esters is 1. The van der Waals surface area contributed by atoms with Gasteiger partial charge in [-0.25, -0.2) is 0 Å². The Bertz CT molecular complexity index is 326. The third-order valence-corrected chi connectivity index (χ3v) is 2.24. The summed E-state index contributed by atoms with van der Waals surface area (Å²) in [5.41, 5.74) is -0.589. The summed E-state index contributed by atoms with van der Waals surface area (Å²) in [5, 5.41) is 0. The van der Waals surface area contributed by atoms with Crippen LogP contribution in [0.5, 0.6) is 0 Å². The van der Waals surface area contributed by atoms with E-state index < -0.39 is 17.8 Å². The number of carbonyl (C=O) groups is 2. The van der Waals surface area contributed by atoms with Crippen molar-refractivity contribution < 1.29 is 23.8 Å². The van der Waals surface area contributed by atoms with Crippen molar-refractivity contribution in [1.82, 2.24) is 0 Å². The number of ketones is 1. The lowest BCUT2D eigenvalue weighted by molar-refractivity contribution is -0.174. The van der Waals surface area contributed by atoms with Crippen LogP contribution in [-0.4, -0.2) is 37.9 Å². The fourth-order valence-electron chi connectivity index (χ4n) is 1.18. The molecule has 0 aromatic rings. The van der Waals surface area contributed by atoms with Crippen molar-refractivity contribution in [2.75, 3.05) is 13.7 Å². The molecule has 17 heavy (non-hydrogen) atoms. The molecule has 5 nitrogen and oxygen atoms in total. The molecule has 0 spiro atoms. The summed E-state index contributed by atoms with van der Waals surface area (Å²) in [7, 11) is 1.48. The fourth-order valence-corrected chi connectivity index (χ4v) is 1.18. The van der Waals surface area contributed by atoms with Crippen molar-refractivity contribution in [2.45, 2.75) is 33.2 Å². The first-order valence-corrected chi connectivity index (χ1v) is 5.42. The maximum atomic E-state index is 11.5. The van der Waals surface area contributed by atoms with Gasteiger partial charge in [0.2, 0.25) is 0 Å². The number of rotatable bonds is 3. The van der Waals surface area contributed by atoms with Crippen LogP contribution in [-0.2, 0) is 23.8 Å². The molecule has 2 atom stereocenters. The molecule has 96 valence electrons. The Kier molecular flexibility index (Phi) is 4.42. The standard InChI is InChI=1S/C12H18O5/c1-12(2,3)11(14)16-7-9-8(13)5-6-10(15-4)17-9/h5-6,9-10H,7H2,1-4H3/t9-,10+/m1/s1. The highest BCUT2D eigenvalue weighted by atomic mass is 16.7. The molecule has 0 fully saturated rings. The molecule has 0 aromatic heterocycles. The summed E-state index contributed by atoms with van der Waals surface area (Å²) < 4.78 is 15.3. The Morgan fingerprint density at radius 2 is 2.12 bits per heavy atom. The molecule has 0 bridgehead atoms. The molecule has 1 heterocycles. The van der Waals surface area contributed by atoms with Crippen LogP contribution in [0.15, 0.2) is 12.2 Å². The topological polar surface area (TPSA) is 61.8 Å². The Hall–Kier alpha value is -1.20. The second kappa shape index (κ2) is 5.42. The first-order valence-electron chi connectivity index (χ1n) is 5.42. The molecule has 0 radical (unpaired) electrons. The molecular formula is C12H18O5. The van der Waals surface area contributed by atoms with Crippen LogP contribution < -0.4 is 0 Å². The zero-order valence-corrected chi connectivity index (χ0v) is 10.6. The minimum Gasteiger partial charge on any atom is -0.462 e. The molecular weight excluding hydrogens is 224 g/mol. The largest absolute Gasteiger partial charge is 0.462 e. The molecule has 0 unspecified atom stereocenters. The highest BCUT2D eigenvalue weighted by Crippen LogP contribution is 2.17. The Balaban J connectivity index is 2.50. The van der Waals surface area contributed by atoms with E-state index in [1.807, 2.05) is 0 Å². The van der Waals surface area contributed by atoms with E-state index in [9.17, 15) is 9.59 Å². The fraction of sp³-hybridized carbons (Fsp3) is 0.667. The van der Waals surface area contributed by atoms with Gasteiger partial charge < -0.3 is 14.2 Å². The second-order valence-electron chi connectivity index (χ2n) is 4.84. The molecule has 0 saturated carbocycles. The zero-order valence-electron chi connectivity index (χ0n) is 10.6. The molecule has 0 aliphatic carbocycles. The van der Waals surface area contributed by atoms with Gasteiger partial charge in [-0.2, -0.15) is 0 Å². The first kappa shape index (κ1) is 13.9. The molecule has 0 aromatic carbocycles. The summed E-state index contributed by atoms with van der Waals surface area (Å²) in [6, 6.07) is 0. The van der Waals surface area contributed by atoms with Crippen molar-refractivity contribution in [1.29, 1.82) is 0 Å². The van der Waals surface area contributed by atoms with Crippen molar-refractivity contribution in [2.24, 2.45) is 5.41 Å². The van der Waals surface area contributed by atoms with Gasteiger partial charge in [-0.3, -0.25) is 9.59 Å². The van der Waals surface area contributed by atoms with E-state index in [0.29, 0.717) is 0 Å². The molecule has 0 N–H and O–H groups in total. The van der Waals surface area contributed by atoms with Crippen LogP contribution in [0, 0.1) is 5.41 Å². The predicted octanol–water partition coefficient (Wildman–Crippen LogP) is 1.07. The van der Waals surface area contributed by atoms with Gasteiger partial charge in [0, 0.05) is 7.11 Å². The van der Waals surface area contributed by atoms with E-state index >= 15 is 0 Å². The Morgan fingerprint density at radius 3 is 2.65 bits per heavy atom. The van der Waals surface area contributed by atoms with Gasteiger partial charge in [0.25, 0.3) is 0 Å². The highest BCUT2D eigenvalue weighted by molar-refractivity contribution is 5.94. The molecule has 0 saturated heterocycles. The van der Waals surface area contributed by atoms with E-state index in [0.717, 1.165) is 0 Å². The van der Waals surface area contributed by atoms with Crippen LogP contribution in [0.4, 0.5) is 0 Å². The lowest BCUT2D eigenvalue weighted by Crippen LogP contribution is -2.38. The van der Waals surface area contributed by atoms with Crippen molar-refractivity contribution in [3.63, 3.8) is 0 Å². The lowest BCUT2D eigenvalue weighted by atomic mass is 9.97. The van der Waals surface area contributed by atoms with Gasteiger partial charge >= 0.3 is 5.97 Å². The maximum Gasteiger partial charge on any atom is 0.311 e. The average Bonchev–Trinajstić information content (AvgIpc) is 2.26. The average molecular weight is 242 g/mol. The number of ether oxygens (including phenoxy) is 3. The summed E-state index contributed by atoms with van der Waals surface area (Å²) in [5.74, 6) is -0.586. The molecule has 1 aliphatic rings. The van der Waals surface area contributed by atoms with Crippen LogP contribution in [0.2, 0.25) is 0 Å². The summed E-state index contributed by atoms with van der Waals surface area (Å²) in [6.45, 7) is 5.16. The third kappa shape index (κ3) is 3.94. The second-order valence-corrected chi connectivity index (χ2v) is 4.84. The molecule has 1 rings (SSSR count). The van der Waals surface area contributed by atoms with Gasteiger partial charge in [0.05, 0.1) is 5.41 Å². The summed E-state index contributed by atoms with van der Waals surface area (Å²) in [4.78, 5) is 23.0. The van der Waals surface area contributed by atoms with Crippen molar-refractivity contribution in [3.05, 3.63) is 12.2 Å². The molecule has 5 heteroatoms. The summed E-state index contributed by atoms with van der Waals surface area (Å²) >= 11 is 0. The van der Waals surface area contributed by atoms with E-state index in [1.54, 1.807) is 20.8 Å². The zero-order chi connectivity index (χ0) is 13.1. The normalized spacial score (nSPS) is 24.8. The Labute approximate surface area is 101 Å². The van der Waals surface area contributed by atoms with Crippen LogP contribution in [0.1, 0.15) is 20.8 Å². The van der Waals surface area contributed by atoms with Gasteiger partial charge in [0.1, 0.15) is 6.61 Å². The van der Waals surface area contributed by atoms with E-state index in [1.165, 1.54) is 19.3 Å². The smallest absolute Gasteiger partial charge is 0.311 e. The SMILES string of the molecule is CO[C@@H]1C=CC(=O)[C@@H](COC(=O)C(C)(C)C)O1. The Morgan fingerprint density at radius 1 is 1.47 bits per heavy atom. The monoisotopic (exact) mass is 242 g/mol. The van der Waals surface area contributed by atoms with Crippen LogP contribution >= 0.6 is 0 Å². The molecule has 0 amide bonds. The third-order valence-electron chi connectivity index (χ3n) is 2.24. The number of hydrogen-bond acceptors (Lipinski definition) is 5. The molecule has 1 aliphatic heterocycles. The van der Waals surface area contributed by atoms with Gasteiger partial charge in [-0.15, -0.1) is 0 Å². The van der Waals surface area contributed by atoms with Crippen molar-refractivity contribution >= 4 is 11.8 Å². The maximum absolute atomic E-state index is 11.5. The number of carbonyl (C=O) groups excluding carboxylic acids is 2.